The Hall–Kier alpha value is -3.93. The van der Waals surface area contributed by atoms with Gasteiger partial charge in [-0.25, -0.2) is 9.97 Å². The number of nitrogens with one attached hydrogen (secondary N) is 2. The first kappa shape index (κ1) is 21.3. The zero-order valence-electron chi connectivity index (χ0n) is 18.6. The normalized spacial score (nSPS) is 15.3. The number of hydrogen-bond acceptors (Lipinski definition) is 7. The minimum Gasteiger partial charge on any atom is -0.366 e. The molecule has 4 rings (SSSR count). The standard InChI is InChI=1S/C23H26N8O/c1-14(2)22-23(32)29-21-15(3)28-20(8-19(21)30(22)4)26-10-17-11-27-31(13-17)12-16-5-6-25-18(7-16)9-24/h5-8,11,13-14,22H,10,12H2,1-4H3,(H,26,28)(H,29,32). The summed E-state index contributed by atoms with van der Waals surface area (Å²) in [6.07, 6.45) is 5.41. The zero-order chi connectivity index (χ0) is 22.8. The molecular weight excluding hydrogens is 404 g/mol. The van der Waals surface area contributed by atoms with Crippen molar-refractivity contribution in [1.82, 2.24) is 19.7 Å². The first-order chi connectivity index (χ1) is 15.4. The summed E-state index contributed by atoms with van der Waals surface area (Å²) in [5.74, 6) is 0.935. The molecule has 0 saturated heterocycles. The van der Waals surface area contributed by atoms with Crippen molar-refractivity contribution in [3.63, 3.8) is 0 Å². The summed E-state index contributed by atoms with van der Waals surface area (Å²) < 4.78 is 1.83. The molecule has 0 aromatic carbocycles. The van der Waals surface area contributed by atoms with Crippen LogP contribution in [0.5, 0.6) is 0 Å². The van der Waals surface area contributed by atoms with Gasteiger partial charge in [-0.15, -0.1) is 0 Å². The highest BCUT2D eigenvalue weighted by molar-refractivity contribution is 6.04. The van der Waals surface area contributed by atoms with Crippen molar-refractivity contribution >= 4 is 23.1 Å². The fourth-order valence-electron chi connectivity index (χ4n) is 4.05. The number of carbonyl (C=O) groups excluding carboxylic acids is 1. The van der Waals surface area contributed by atoms with Crippen LogP contribution >= 0.6 is 0 Å². The van der Waals surface area contributed by atoms with Crippen LogP contribution in [0.25, 0.3) is 0 Å². The lowest BCUT2D eigenvalue weighted by molar-refractivity contribution is -0.118. The summed E-state index contributed by atoms with van der Waals surface area (Å²) in [7, 11) is 1.95. The SMILES string of the molecule is Cc1nc(NCc2cnn(Cc3ccnc(C#N)c3)c2)cc2c1NC(=O)C(C(C)C)N2C. The number of hydrogen-bond donors (Lipinski definition) is 2. The van der Waals surface area contributed by atoms with Gasteiger partial charge in [0.2, 0.25) is 5.91 Å². The van der Waals surface area contributed by atoms with Crippen LogP contribution in [0.3, 0.4) is 0 Å². The Morgan fingerprint density at radius 3 is 2.88 bits per heavy atom. The Labute approximate surface area is 187 Å². The molecule has 2 N–H and O–H groups in total. The van der Waals surface area contributed by atoms with E-state index < -0.39 is 0 Å². The maximum Gasteiger partial charge on any atom is 0.247 e. The molecule has 1 unspecified atom stereocenters. The molecule has 32 heavy (non-hydrogen) atoms. The predicted molar refractivity (Wildman–Crippen MR) is 122 cm³/mol. The number of carbonyl (C=O) groups is 1. The molecule has 0 aliphatic carbocycles. The average molecular weight is 431 g/mol. The van der Waals surface area contributed by atoms with Crippen molar-refractivity contribution in [1.29, 1.82) is 5.26 Å². The lowest BCUT2D eigenvalue weighted by Gasteiger charge is -2.38. The summed E-state index contributed by atoms with van der Waals surface area (Å²) in [6.45, 7) is 7.12. The summed E-state index contributed by atoms with van der Waals surface area (Å²) in [5, 5.41) is 19.8. The monoisotopic (exact) mass is 430 g/mol. The summed E-state index contributed by atoms with van der Waals surface area (Å²) in [6, 6.07) is 7.45. The number of aryl methyl sites for hydroxylation is 1. The predicted octanol–water partition coefficient (Wildman–Crippen LogP) is 2.93. The van der Waals surface area contributed by atoms with Crippen molar-refractivity contribution in [3.05, 3.63) is 59.3 Å². The van der Waals surface area contributed by atoms with Gasteiger partial charge in [-0.1, -0.05) is 13.8 Å². The fraction of sp³-hybridized carbons (Fsp3) is 0.348. The molecule has 1 amide bonds. The Morgan fingerprint density at radius 2 is 2.12 bits per heavy atom. The smallest absolute Gasteiger partial charge is 0.247 e. The molecular formula is C23H26N8O. The van der Waals surface area contributed by atoms with Gasteiger partial charge in [-0.2, -0.15) is 10.4 Å². The molecule has 1 atom stereocenters. The van der Waals surface area contributed by atoms with Crippen LogP contribution in [0.1, 0.15) is 36.4 Å². The Morgan fingerprint density at radius 1 is 1.31 bits per heavy atom. The van der Waals surface area contributed by atoms with Crippen LogP contribution in [-0.2, 0) is 17.9 Å². The zero-order valence-corrected chi connectivity index (χ0v) is 18.6. The van der Waals surface area contributed by atoms with Crippen molar-refractivity contribution in [2.24, 2.45) is 5.92 Å². The molecule has 1 aliphatic heterocycles. The maximum atomic E-state index is 12.5. The van der Waals surface area contributed by atoms with E-state index in [-0.39, 0.29) is 17.9 Å². The highest BCUT2D eigenvalue weighted by Crippen LogP contribution is 2.36. The van der Waals surface area contributed by atoms with Crippen molar-refractivity contribution < 1.29 is 4.79 Å². The molecule has 3 aromatic rings. The number of rotatable bonds is 6. The third-order valence-corrected chi connectivity index (χ3v) is 5.57. The van der Waals surface area contributed by atoms with Crippen LogP contribution in [0.4, 0.5) is 17.2 Å². The van der Waals surface area contributed by atoms with Gasteiger partial charge in [0, 0.05) is 37.6 Å². The van der Waals surface area contributed by atoms with E-state index in [9.17, 15) is 4.79 Å². The third-order valence-electron chi connectivity index (χ3n) is 5.57. The maximum absolute atomic E-state index is 12.5. The molecule has 4 heterocycles. The second-order valence-corrected chi connectivity index (χ2v) is 8.34. The molecule has 0 radical (unpaired) electrons. The van der Waals surface area contributed by atoms with E-state index in [1.165, 1.54) is 0 Å². The Kier molecular flexibility index (Phi) is 5.77. The van der Waals surface area contributed by atoms with Crippen molar-refractivity contribution in [2.45, 2.75) is 39.9 Å². The van der Waals surface area contributed by atoms with E-state index >= 15 is 0 Å². The van der Waals surface area contributed by atoms with E-state index in [1.54, 1.807) is 12.3 Å². The van der Waals surface area contributed by atoms with Gasteiger partial charge in [0.15, 0.2) is 0 Å². The lowest BCUT2D eigenvalue weighted by Crippen LogP contribution is -2.49. The van der Waals surface area contributed by atoms with Crippen LogP contribution in [0, 0.1) is 24.2 Å². The molecule has 164 valence electrons. The number of aromatic nitrogens is 4. The van der Waals surface area contributed by atoms with E-state index in [0.717, 1.165) is 34.0 Å². The molecule has 1 aliphatic rings. The Bertz CT molecular complexity index is 1190. The number of nitriles is 1. The summed E-state index contributed by atoms with van der Waals surface area (Å²) >= 11 is 0. The number of likely N-dealkylation sites (N-methyl/N-ethyl adjacent to an activating group) is 1. The Balaban J connectivity index is 1.46. The molecule has 0 spiro atoms. The van der Waals surface area contributed by atoms with E-state index in [4.69, 9.17) is 5.26 Å². The van der Waals surface area contributed by atoms with Crippen LogP contribution in [0.2, 0.25) is 0 Å². The molecule has 0 fully saturated rings. The van der Waals surface area contributed by atoms with Gasteiger partial charge in [0.25, 0.3) is 0 Å². The van der Waals surface area contributed by atoms with Gasteiger partial charge < -0.3 is 15.5 Å². The number of pyridine rings is 2. The van der Waals surface area contributed by atoms with E-state index in [1.807, 2.05) is 61.9 Å². The van der Waals surface area contributed by atoms with Crippen LogP contribution < -0.4 is 15.5 Å². The van der Waals surface area contributed by atoms with Gasteiger partial charge in [0.05, 0.1) is 29.8 Å². The number of nitrogens with zero attached hydrogens (tertiary/aromatic N) is 6. The first-order valence-corrected chi connectivity index (χ1v) is 10.5. The van der Waals surface area contributed by atoms with Crippen LogP contribution in [-0.4, -0.2) is 38.7 Å². The molecule has 9 heteroatoms. The number of fused-ring (bicyclic) bond motifs is 1. The minimum absolute atomic E-state index is 0.00381. The van der Waals surface area contributed by atoms with E-state index in [2.05, 4.69) is 31.8 Å². The van der Waals surface area contributed by atoms with Gasteiger partial charge in [0.1, 0.15) is 23.6 Å². The van der Waals surface area contributed by atoms with Crippen LogP contribution in [0.15, 0.2) is 36.8 Å². The van der Waals surface area contributed by atoms with Crippen molar-refractivity contribution in [2.75, 3.05) is 22.6 Å². The summed E-state index contributed by atoms with van der Waals surface area (Å²) in [5.41, 5.74) is 4.87. The van der Waals surface area contributed by atoms with E-state index in [0.29, 0.717) is 18.8 Å². The van der Waals surface area contributed by atoms with Crippen molar-refractivity contribution in [3.8, 4) is 6.07 Å². The molecule has 0 saturated carbocycles. The topological polar surface area (TPSA) is 112 Å². The van der Waals surface area contributed by atoms with Gasteiger partial charge in [-0.3, -0.25) is 9.48 Å². The van der Waals surface area contributed by atoms with Gasteiger partial charge >= 0.3 is 0 Å². The number of anilines is 3. The quantitative estimate of drug-likeness (QED) is 0.618. The average Bonchev–Trinajstić information content (AvgIpc) is 3.20. The first-order valence-electron chi connectivity index (χ1n) is 10.5. The second-order valence-electron chi connectivity index (χ2n) is 8.34. The minimum atomic E-state index is -0.217. The third kappa shape index (κ3) is 4.25. The highest BCUT2D eigenvalue weighted by Gasteiger charge is 2.34. The molecule has 0 bridgehead atoms. The second kappa shape index (κ2) is 8.67. The highest BCUT2D eigenvalue weighted by atomic mass is 16.2. The fourth-order valence-corrected chi connectivity index (χ4v) is 4.05. The molecule has 9 nitrogen and oxygen atoms in total. The van der Waals surface area contributed by atoms with Gasteiger partial charge in [-0.05, 0) is 30.5 Å². The largest absolute Gasteiger partial charge is 0.366 e. The lowest BCUT2D eigenvalue weighted by atomic mass is 9.98. The number of amides is 1. The molecule has 3 aromatic heterocycles. The summed E-state index contributed by atoms with van der Waals surface area (Å²) in [4.78, 5) is 23.1.